The van der Waals surface area contributed by atoms with E-state index < -0.39 is 23.5 Å². The Morgan fingerprint density at radius 1 is 0.879 bits per heavy atom. The SMILES string of the molecule is O=C(O)CCC(=O)O.O=C(OC1C2CCCC1CNC2)[C@](O)(c1ccccc1)C1CCCC1. The summed E-state index contributed by atoms with van der Waals surface area (Å²) in [5.74, 6) is -1.83. The third kappa shape index (κ3) is 6.32. The van der Waals surface area contributed by atoms with Crippen molar-refractivity contribution in [2.24, 2.45) is 17.8 Å². The van der Waals surface area contributed by atoms with E-state index >= 15 is 0 Å². The van der Waals surface area contributed by atoms with Crippen LogP contribution in [0.2, 0.25) is 0 Å². The van der Waals surface area contributed by atoms with Crippen LogP contribution in [0.5, 0.6) is 0 Å². The van der Waals surface area contributed by atoms with Gasteiger partial charge in [0.25, 0.3) is 0 Å². The Morgan fingerprint density at radius 2 is 1.42 bits per heavy atom. The van der Waals surface area contributed by atoms with Gasteiger partial charge >= 0.3 is 17.9 Å². The topological polar surface area (TPSA) is 133 Å². The molecular weight excluding hydrogens is 426 g/mol. The summed E-state index contributed by atoms with van der Waals surface area (Å²) in [7, 11) is 0. The van der Waals surface area contributed by atoms with Crippen molar-refractivity contribution in [2.75, 3.05) is 13.1 Å². The fraction of sp³-hybridized carbons (Fsp3) is 0.640. The van der Waals surface area contributed by atoms with E-state index in [0.717, 1.165) is 51.6 Å². The molecule has 1 aromatic rings. The van der Waals surface area contributed by atoms with Crippen LogP contribution in [0.25, 0.3) is 0 Å². The molecule has 8 nitrogen and oxygen atoms in total. The number of hydrogen-bond donors (Lipinski definition) is 4. The van der Waals surface area contributed by atoms with Crippen molar-refractivity contribution in [3.63, 3.8) is 0 Å². The largest absolute Gasteiger partial charge is 0.481 e. The van der Waals surface area contributed by atoms with Gasteiger partial charge in [-0.25, -0.2) is 4.79 Å². The molecule has 2 bridgehead atoms. The van der Waals surface area contributed by atoms with Gasteiger partial charge in [0.15, 0.2) is 5.60 Å². The van der Waals surface area contributed by atoms with Crippen LogP contribution in [0.3, 0.4) is 0 Å². The maximum atomic E-state index is 13.3. The molecule has 0 radical (unpaired) electrons. The number of esters is 1. The van der Waals surface area contributed by atoms with Gasteiger partial charge in [0.1, 0.15) is 6.10 Å². The van der Waals surface area contributed by atoms with Crippen molar-refractivity contribution < 1.29 is 34.4 Å². The molecule has 3 aliphatic rings. The first kappa shape index (κ1) is 25.2. The number of carboxylic acids is 2. The third-order valence-corrected chi connectivity index (χ3v) is 7.16. The Balaban J connectivity index is 0.000000331. The summed E-state index contributed by atoms with van der Waals surface area (Å²) in [6.45, 7) is 1.84. The average molecular weight is 462 g/mol. The van der Waals surface area contributed by atoms with E-state index in [1.165, 1.54) is 6.42 Å². The van der Waals surface area contributed by atoms with Gasteiger partial charge < -0.3 is 25.4 Å². The summed E-state index contributed by atoms with van der Waals surface area (Å²) in [4.78, 5) is 32.5. The Kier molecular flexibility index (Phi) is 8.86. The number of nitrogens with one attached hydrogen (secondary N) is 1. The number of rotatable bonds is 7. The number of carbonyl (C=O) groups excluding carboxylic acids is 1. The van der Waals surface area contributed by atoms with Gasteiger partial charge in [0.2, 0.25) is 0 Å². The highest BCUT2D eigenvalue weighted by molar-refractivity contribution is 5.82. The minimum atomic E-state index is -1.50. The van der Waals surface area contributed by atoms with E-state index in [9.17, 15) is 19.5 Å². The second-order valence-corrected chi connectivity index (χ2v) is 9.38. The van der Waals surface area contributed by atoms with Crippen LogP contribution >= 0.6 is 0 Å². The highest BCUT2D eigenvalue weighted by Gasteiger charge is 2.50. The first-order valence-electron chi connectivity index (χ1n) is 12.0. The smallest absolute Gasteiger partial charge is 0.343 e. The van der Waals surface area contributed by atoms with Crippen LogP contribution in [0, 0.1) is 17.8 Å². The van der Waals surface area contributed by atoms with Crippen LogP contribution in [-0.4, -0.2) is 52.4 Å². The first-order valence-corrected chi connectivity index (χ1v) is 12.0. The van der Waals surface area contributed by atoms with Gasteiger partial charge in [-0.1, -0.05) is 49.6 Å². The summed E-state index contributed by atoms with van der Waals surface area (Å²) in [5.41, 5.74) is -0.817. The van der Waals surface area contributed by atoms with Gasteiger partial charge in [0.05, 0.1) is 12.8 Å². The molecule has 3 atom stereocenters. The number of benzene rings is 1. The zero-order valence-corrected chi connectivity index (χ0v) is 18.9. The minimum absolute atomic E-state index is 0.0380. The first-order chi connectivity index (χ1) is 15.8. The fourth-order valence-corrected chi connectivity index (χ4v) is 5.42. The summed E-state index contributed by atoms with van der Waals surface area (Å²) < 4.78 is 6.06. The predicted molar refractivity (Wildman–Crippen MR) is 120 cm³/mol. The predicted octanol–water partition coefficient (Wildman–Crippen LogP) is 2.93. The van der Waals surface area contributed by atoms with Crippen LogP contribution in [-0.2, 0) is 24.7 Å². The van der Waals surface area contributed by atoms with Crippen molar-refractivity contribution in [1.82, 2.24) is 5.32 Å². The van der Waals surface area contributed by atoms with E-state index in [1.807, 2.05) is 30.3 Å². The Bertz CT molecular complexity index is 772. The number of fused-ring (bicyclic) bond motifs is 2. The average Bonchev–Trinajstić information content (AvgIpc) is 3.33. The molecule has 4 rings (SSSR count). The van der Waals surface area contributed by atoms with Gasteiger partial charge in [-0.05, 0) is 31.2 Å². The molecule has 2 saturated carbocycles. The van der Waals surface area contributed by atoms with E-state index in [4.69, 9.17) is 14.9 Å². The van der Waals surface area contributed by atoms with Crippen LogP contribution in [0.4, 0.5) is 0 Å². The number of aliphatic carboxylic acids is 2. The Morgan fingerprint density at radius 3 is 1.94 bits per heavy atom. The molecule has 182 valence electrons. The zero-order valence-electron chi connectivity index (χ0n) is 18.9. The number of piperidine rings is 1. The van der Waals surface area contributed by atoms with Gasteiger partial charge in [0, 0.05) is 30.8 Å². The highest BCUT2D eigenvalue weighted by atomic mass is 16.6. The van der Waals surface area contributed by atoms with Crippen molar-refractivity contribution >= 4 is 17.9 Å². The second-order valence-electron chi connectivity index (χ2n) is 9.38. The highest BCUT2D eigenvalue weighted by Crippen LogP contribution is 2.43. The van der Waals surface area contributed by atoms with Crippen molar-refractivity contribution in [3.05, 3.63) is 35.9 Å². The normalized spacial score (nSPS) is 26.4. The maximum absolute atomic E-state index is 13.3. The van der Waals surface area contributed by atoms with Crippen LogP contribution in [0.15, 0.2) is 30.3 Å². The number of carbonyl (C=O) groups is 3. The van der Waals surface area contributed by atoms with E-state index in [1.54, 1.807) is 0 Å². The number of carboxylic acid groups (broad SMARTS) is 2. The molecule has 2 unspecified atom stereocenters. The number of ether oxygens (including phenoxy) is 1. The molecule has 0 spiro atoms. The molecular formula is C25H35NO7. The lowest BCUT2D eigenvalue weighted by Crippen LogP contribution is -2.54. The maximum Gasteiger partial charge on any atom is 0.343 e. The molecule has 3 fully saturated rings. The molecule has 4 N–H and O–H groups in total. The minimum Gasteiger partial charge on any atom is -0.481 e. The quantitative estimate of drug-likeness (QED) is 0.456. The van der Waals surface area contributed by atoms with E-state index in [0.29, 0.717) is 17.4 Å². The molecule has 0 aromatic heterocycles. The summed E-state index contributed by atoms with van der Waals surface area (Å²) in [5, 5.41) is 30.8. The van der Waals surface area contributed by atoms with Crippen molar-refractivity contribution in [2.45, 2.75) is 69.5 Å². The zero-order chi connectivity index (χ0) is 23.8. The van der Waals surface area contributed by atoms with E-state index in [-0.39, 0.29) is 24.9 Å². The lowest BCUT2D eigenvalue weighted by molar-refractivity contribution is -0.189. The lowest BCUT2D eigenvalue weighted by Gasteiger charge is -2.43. The monoisotopic (exact) mass is 461 g/mol. The molecule has 8 heteroatoms. The van der Waals surface area contributed by atoms with Crippen LogP contribution < -0.4 is 5.32 Å². The number of hydrogen-bond acceptors (Lipinski definition) is 6. The lowest BCUT2D eigenvalue weighted by atomic mass is 9.75. The summed E-state index contributed by atoms with van der Waals surface area (Å²) in [6, 6.07) is 9.43. The molecule has 1 aliphatic heterocycles. The van der Waals surface area contributed by atoms with Gasteiger partial charge in [-0.15, -0.1) is 0 Å². The van der Waals surface area contributed by atoms with Crippen molar-refractivity contribution in [1.29, 1.82) is 0 Å². The Labute approximate surface area is 194 Å². The number of aliphatic hydroxyl groups is 1. The van der Waals surface area contributed by atoms with Crippen molar-refractivity contribution in [3.8, 4) is 0 Å². The molecule has 0 amide bonds. The molecule has 2 aliphatic carbocycles. The van der Waals surface area contributed by atoms with E-state index in [2.05, 4.69) is 5.32 Å². The standard InChI is InChI=1S/C21H29NO3.C4H6O4/c23-20(25-19-15-7-6-8-16(19)14-22-13-15)21(24,18-11-4-5-12-18)17-9-2-1-3-10-17;5-3(6)1-2-4(7)8/h1-3,9-10,15-16,18-19,22,24H,4-8,11-14H2;1-2H2,(H,5,6)(H,7,8)/t15?,16?,19?,21-;/m0./s1. The fourth-order valence-electron chi connectivity index (χ4n) is 5.42. The van der Waals surface area contributed by atoms with Gasteiger partial charge in [-0.3, -0.25) is 9.59 Å². The molecule has 33 heavy (non-hydrogen) atoms. The Hall–Kier alpha value is -2.45. The third-order valence-electron chi connectivity index (χ3n) is 7.16. The molecule has 1 aromatic carbocycles. The molecule has 1 saturated heterocycles. The van der Waals surface area contributed by atoms with Gasteiger partial charge in [-0.2, -0.15) is 0 Å². The summed E-state index contributed by atoms with van der Waals surface area (Å²) in [6.07, 6.45) is 6.72. The van der Waals surface area contributed by atoms with Crippen LogP contribution in [0.1, 0.15) is 63.4 Å². The second kappa shape index (κ2) is 11.6. The molecule has 1 heterocycles. The summed E-state index contributed by atoms with van der Waals surface area (Å²) >= 11 is 0.